The van der Waals surface area contributed by atoms with Gasteiger partial charge in [0.2, 0.25) is 0 Å². The smallest absolute Gasteiger partial charge is 0.410 e. The number of hydrogen-bond acceptors (Lipinski definition) is 5. The average molecular weight is 259 g/mol. The van der Waals surface area contributed by atoms with Crippen molar-refractivity contribution in [2.45, 2.75) is 44.8 Å². The molecule has 0 radical (unpaired) electrons. The first kappa shape index (κ1) is 14.8. The molecule has 0 aromatic carbocycles. The fraction of sp³-hybridized carbons (Fsp3) is 0.833. The summed E-state index contributed by atoms with van der Waals surface area (Å²) in [6.45, 7) is 2.44. The number of amides is 1. The maximum absolute atomic E-state index is 11.8. The van der Waals surface area contributed by atoms with Gasteiger partial charge in [0.25, 0.3) is 0 Å². The van der Waals surface area contributed by atoms with Gasteiger partial charge in [-0.25, -0.2) is 9.59 Å². The zero-order valence-electron chi connectivity index (χ0n) is 10.9. The summed E-state index contributed by atoms with van der Waals surface area (Å²) in [5.41, 5.74) is 0. The van der Waals surface area contributed by atoms with Gasteiger partial charge in [0.05, 0.1) is 26.4 Å². The van der Waals surface area contributed by atoms with Gasteiger partial charge < -0.3 is 14.6 Å². The van der Waals surface area contributed by atoms with Crippen LogP contribution < -0.4 is 0 Å². The summed E-state index contributed by atoms with van der Waals surface area (Å²) in [5, 5.41) is 9.57. The highest BCUT2D eigenvalue weighted by Crippen LogP contribution is 2.19. The lowest BCUT2D eigenvalue weighted by Crippen LogP contribution is -2.52. The lowest BCUT2D eigenvalue weighted by atomic mass is 10.0. The van der Waals surface area contributed by atoms with E-state index < -0.39 is 24.2 Å². The number of nitrogens with zero attached hydrogens (tertiary/aromatic N) is 1. The van der Waals surface area contributed by atoms with Crippen LogP contribution in [0.5, 0.6) is 0 Å². The molecule has 0 aromatic rings. The summed E-state index contributed by atoms with van der Waals surface area (Å²) in [6.07, 6.45) is 1.43. The highest BCUT2D eigenvalue weighted by Gasteiger charge is 2.36. The fourth-order valence-corrected chi connectivity index (χ4v) is 1.92. The van der Waals surface area contributed by atoms with Crippen molar-refractivity contribution in [3.05, 3.63) is 0 Å². The van der Waals surface area contributed by atoms with E-state index in [1.807, 2.05) is 6.92 Å². The van der Waals surface area contributed by atoms with Crippen molar-refractivity contribution < 1.29 is 24.2 Å². The van der Waals surface area contributed by atoms with Gasteiger partial charge in [0, 0.05) is 0 Å². The summed E-state index contributed by atoms with van der Waals surface area (Å²) in [6, 6.07) is -0.646. The predicted molar refractivity (Wildman–Crippen MR) is 64.0 cm³/mol. The normalized spacial score (nSPS) is 23.6. The Labute approximate surface area is 107 Å². The lowest BCUT2D eigenvalue weighted by Gasteiger charge is -2.35. The van der Waals surface area contributed by atoms with E-state index in [-0.39, 0.29) is 6.54 Å². The first-order valence-electron chi connectivity index (χ1n) is 6.29. The van der Waals surface area contributed by atoms with Crippen LogP contribution in [0.15, 0.2) is 0 Å². The second-order valence-electron chi connectivity index (χ2n) is 4.39. The van der Waals surface area contributed by atoms with Gasteiger partial charge in [-0.15, -0.1) is 0 Å². The number of hydrogen-bond donors (Lipinski definition) is 1. The molecule has 2 atom stereocenters. The molecular weight excluding hydrogens is 238 g/mol. The van der Waals surface area contributed by atoms with Crippen molar-refractivity contribution >= 4 is 12.1 Å². The van der Waals surface area contributed by atoms with Gasteiger partial charge in [0.15, 0.2) is 0 Å². The summed E-state index contributed by atoms with van der Waals surface area (Å²) in [7, 11) is 1.29. The van der Waals surface area contributed by atoms with Crippen molar-refractivity contribution in [3.63, 3.8) is 0 Å². The first-order chi connectivity index (χ1) is 8.60. The van der Waals surface area contributed by atoms with Crippen molar-refractivity contribution in [3.8, 4) is 0 Å². The third kappa shape index (κ3) is 3.87. The van der Waals surface area contributed by atoms with Gasteiger partial charge in [-0.3, -0.25) is 4.90 Å². The molecule has 0 spiro atoms. The van der Waals surface area contributed by atoms with Crippen LogP contribution in [-0.4, -0.2) is 54.5 Å². The number of rotatable bonds is 4. The van der Waals surface area contributed by atoms with E-state index in [2.05, 4.69) is 4.74 Å². The number of likely N-dealkylation sites (tertiary alicyclic amines) is 1. The highest BCUT2D eigenvalue weighted by atomic mass is 16.6. The summed E-state index contributed by atoms with van der Waals surface area (Å²) < 4.78 is 9.72. The van der Waals surface area contributed by atoms with Gasteiger partial charge >= 0.3 is 12.1 Å². The fourth-order valence-electron chi connectivity index (χ4n) is 1.92. The van der Waals surface area contributed by atoms with Crippen molar-refractivity contribution in [1.82, 2.24) is 4.90 Å². The molecule has 1 fully saturated rings. The Hall–Kier alpha value is -1.30. The number of unbranched alkanes of at least 4 members (excludes halogenated alkanes) is 1. The Balaban J connectivity index is 2.60. The molecule has 1 aliphatic heterocycles. The third-order valence-corrected chi connectivity index (χ3v) is 2.99. The Kier molecular flexibility index (Phi) is 5.91. The van der Waals surface area contributed by atoms with E-state index in [0.717, 1.165) is 12.8 Å². The summed E-state index contributed by atoms with van der Waals surface area (Å²) >= 11 is 0. The zero-order valence-corrected chi connectivity index (χ0v) is 10.9. The molecule has 1 N–H and O–H groups in total. The van der Waals surface area contributed by atoms with Crippen LogP contribution in [0.3, 0.4) is 0 Å². The number of aliphatic hydroxyl groups is 1. The van der Waals surface area contributed by atoms with Crippen LogP contribution >= 0.6 is 0 Å². The topological polar surface area (TPSA) is 76.1 Å². The van der Waals surface area contributed by atoms with Crippen molar-refractivity contribution in [2.24, 2.45) is 0 Å². The second kappa shape index (κ2) is 7.20. The number of ether oxygens (including phenoxy) is 2. The van der Waals surface area contributed by atoms with Crippen LogP contribution in [0.2, 0.25) is 0 Å². The highest BCUT2D eigenvalue weighted by molar-refractivity contribution is 5.81. The molecule has 1 aliphatic rings. The summed E-state index contributed by atoms with van der Waals surface area (Å²) in [4.78, 5) is 24.7. The molecule has 6 heteroatoms. The van der Waals surface area contributed by atoms with Gasteiger partial charge in [-0.2, -0.15) is 0 Å². The molecular formula is C12H21NO5. The number of β-amino-alcohol motifs (C(OH)–C–C–N with tert-alkyl or cyclic N) is 1. The molecule has 0 aliphatic carbocycles. The maximum Gasteiger partial charge on any atom is 0.410 e. The number of carbonyl (C=O) groups excluding carboxylic acids is 2. The molecule has 104 valence electrons. The minimum atomic E-state index is -0.646. The zero-order chi connectivity index (χ0) is 13.5. The molecule has 1 amide bonds. The van der Waals surface area contributed by atoms with E-state index in [9.17, 15) is 14.7 Å². The Morgan fingerprint density at radius 1 is 1.39 bits per heavy atom. The maximum atomic E-state index is 11.8. The Morgan fingerprint density at radius 2 is 2.11 bits per heavy atom. The molecule has 0 bridgehead atoms. The van der Waals surface area contributed by atoms with Gasteiger partial charge in [-0.1, -0.05) is 13.3 Å². The molecule has 0 aromatic heterocycles. The minimum absolute atomic E-state index is 0.116. The van der Waals surface area contributed by atoms with E-state index in [4.69, 9.17) is 4.74 Å². The van der Waals surface area contributed by atoms with Crippen LogP contribution in [0, 0.1) is 0 Å². The third-order valence-electron chi connectivity index (χ3n) is 2.99. The van der Waals surface area contributed by atoms with Gasteiger partial charge in [0.1, 0.15) is 6.04 Å². The van der Waals surface area contributed by atoms with Crippen LogP contribution in [-0.2, 0) is 14.3 Å². The van der Waals surface area contributed by atoms with E-state index in [0.29, 0.717) is 19.4 Å². The van der Waals surface area contributed by atoms with Crippen LogP contribution in [0.25, 0.3) is 0 Å². The molecule has 6 nitrogen and oxygen atoms in total. The standard InChI is InChI=1S/C12H21NO5/c1-3-4-7-18-12(16)13-8-9(14)5-6-10(13)11(15)17-2/h9-10,14H,3-8H2,1-2H3/t9-,10-/m0/s1. The van der Waals surface area contributed by atoms with Gasteiger partial charge in [-0.05, 0) is 19.3 Å². The quantitative estimate of drug-likeness (QED) is 0.600. The monoisotopic (exact) mass is 259 g/mol. The van der Waals surface area contributed by atoms with E-state index in [1.165, 1.54) is 12.0 Å². The second-order valence-corrected chi connectivity index (χ2v) is 4.39. The SMILES string of the molecule is CCCCOC(=O)N1C[C@@H](O)CC[C@H]1C(=O)OC. The number of piperidine rings is 1. The Bertz CT molecular complexity index is 294. The molecule has 1 saturated heterocycles. The van der Waals surface area contributed by atoms with Crippen molar-refractivity contribution in [2.75, 3.05) is 20.3 Å². The lowest BCUT2D eigenvalue weighted by molar-refractivity contribution is -0.148. The predicted octanol–water partition coefficient (Wildman–Crippen LogP) is 0.921. The minimum Gasteiger partial charge on any atom is -0.467 e. The molecule has 18 heavy (non-hydrogen) atoms. The molecule has 1 rings (SSSR count). The molecule has 0 unspecified atom stereocenters. The number of methoxy groups -OCH3 is 1. The van der Waals surface area contributed by atoms with E-state index >= 15 is 0 Å². The molecule has 0 saturated carbocycles. The number of aliphatic hydroxyl groups excluding tert-OH is 1. The van der Waals surface area contributed by atoms with Crippen LogP contribution in [0.4, 0.5) is 4.79 Å². The average Bonchev–Trinajstić information content (AvgIpc) is 2.38. The Morgan fingerprint density at radius 3 is 2.72 bits per heavy atom. The summed E-state index contributed by atoms with van der Waals surface area (Å²) in [5.74, 6) is -0.464. The number of carbonyl (C=O) groups is 2. The molecule has 1 heterocycles. The van der Waals surface area contributed by atoms with Crippen molar-refractivity contribution in [1.29, 1.82) is 0 Å². The first-order valence-corrected chi connectivity index (χ1v) is 6.29. The van der Waals surface area contributed by atoms with Crippen LogP contribution in [0.1, 0.15) is 32.6 Å². The number of esters is 1. The van der Waals surface area contributed by atoms with E-state index in [1.54, 1.807) is 0 Å². The largest absolute Gasteiger partial charge is 0.467 e.